The van der Waals surface area contributed by atoms with E-state index in [1.54, 1.807) is 6.92 Å². The van der Waals surface area contributed by atoms with Gasteiger partial charge in [0, 0.05) is 19.1 Å². The molecule has 0 aromatic heterocycles. The first-order valence-corrected chi connectivity index (χ1v) is 5.93. The Labute approximate surface area is 108 Å². The van der Waals surface area contributed by atoms with Gasteiger partial charge in [-0.05, 0) is 13.0 Å². The van der Waals surface area contributed by atoms with Crippen molar-refractivity contribution in [1.82, 2.24) is 0 Å². The van der Waals surface area contributed by atoms with Crippen molar-refractivity contribution >= 4 is 5.69 Å². The molecular formula is C12H14FNO5. The SMILES string of the molecule is CCOC1C(O)CC1Oc1c(F)cccc1[N+](=O)[O-]. The predicted molar refractivity (Wildman–Crippen MR) is 63.5 cm³/mol. The predicted octanol–water partition coefficient (Wildman–Crippen LogP) is 1.65. The van der Waals surface area contributed by atoms with Crippen LogP contribution in [0.1, 0.15) is 13.3 Å². The van der Waals surface area contributed by atoms with Crippen LogP contribution in [0.4, 0.5) is 10.1 Å². The summed E-state index contributed by atoms with van der Waals surface area (Å²) in [6, 6.07) is 3.51. The smallest absolute Gasteiger partial charge is 0.314 e. The quantitative estimate of drug-likeness (QED) is 0.650. The summed E-state index contributed by atoms with van der Waals surface area (Å²) in [6.07, 6.45) is -1.58. The van der Waals surface area contributed by atoms with E-state index in [1.807, 2.05) is 0 Å². The van der Waals surface area contributed by atoms with Crippen molar-refractivity contribution in [3.8, 4) is 5.75 Å². The number of hydrogen-bond donors (Lipinski definition) is 1. The van der Waals surface area contributed by atoms with Crippen molar-refractivity contribution in [3.05, 3.63) is 34.1 Å². The number of ether oxygens (including phenoxy) is 2. The number of aliphatic hydroxyl groups excluding tert-OH is 1. The molecule has 1 saturated carbocycles. The van der Waals surface area contributed by atoms with Gasteiger partial charge in [-0.3, -0.25) is 10.1 Å². The number of nitro benzene ring substituents is 1. The molecule has 0 amide bonds. The Balaban J connectivity index is 2.17. The maximum atomic E-state index is 13.6. The molecule has 1 aliphatic rings. The van der Waals surface area contributed by atoms with E-state index < -0.39 is 40.5 Å². The van der Waals surface area contributed by atoms with Gasteiger partial charge >= 0.3 is 5.69 Å². The summed E-state index contributed by atoms with van der Waals surface area (Å²) in [5.41, 5.74) is -0.434. The molecule has 1 fully saturated rings. The van der Waals surface area contributed by atoms with Gasteiger partial charge in [0.25, 0.3) is 0 Å². The molecule has 1 aromatic carbocycles. The molecule has 3 atom stereocenters. The minimum absolute atomic E-state index is 0.260. The third-order valence-electron chi connectivity index (χ3n) is 2.99. The Morgan fingerprint density at radius 3 is 2.89 bits per heavy atom. The Bertz CT molecular complexity index is 481. The largest absolute Gasteiger partial charge is 0.478 e. The second-order valence-corrected chi connectivity index (χ2v) is 4.22. The highest BCUT2D eigenvalue weighted by Gasteiger charge is 2.44. The maximum absolute atomic E-state index is 13.6. The van der Waals surface area contributed by atoms with Crippen LogP contribution in [0.25, 0.3) is 0 Å². The van der Waals surface area contributed by atoms with Crippen molar-refractivity contribution < 1.29 is 23.9 Å². The zero-order valence-electron chi connectivity index (χ0n) is 10.3. The van der Waals surface area contributed by atoms with E-state index in [0.717, 1.165) is 6.07 Å². The van der Waals surface area contributed by atoms with Gasteiger partial charge in [0.15, 0.2) is 5.82 Å². The second-order valence-electron chi connectivity index (χ2n) is 4.22. The molecule has 0 bridgehead atoms. The first-order chi connectivity index (χ1) is 9.04. The van der Waals surface area contributed by atoms with E-state index in [4.69, 9.17) is 9.47 Å². The third kappa shape index (κ3) is 2.66. The minimum atomic E-state index is -0.800. The van der Waals surface area contributed by atoms with Crippen LogP contribution >= 0.6 is 0 Å². The fourth-order valence-electron chi connectivity index (χ4n) is 1.99. The Kier molecular flexibility index (Phi) is 3.96. The topological polar surface area (TPSA) is 81.8 Å². The van der Waals surface area contributed by atoms with Gasteiger partial charge in [-0.1, -0.05) is 6.07 Å². The summed E-state index contributed by atoms with van der Waals surface area (Å²) >= 11 is 0. The van der Waals surface area contributed by atoms with Crippen LogP contribution in [0.5, 0.6) is 5.75 Å². The Morgan fingerprint density at radius 2 is 2.32 bits per heavy atom. The van der Waals surface area contributed by atoms with Gasteiger partial charge in [0.2, 0.25) is 5.75 Å². The molecule has 1 aromatic rings. The standard InChI is InChI=1S/C12H14FNO5/c1-2-18-12-9(15)6-10(12)19-11-7(13)4-3-5-8(11)14(16)17/h3-5,9-10,12,15H,2,6H2,1H3. The normalized spacial score (nSPS) is 25.7. The molecule has 3 unspecified atom stereocenters. The van der Waals surface area contributed by atoms with Crippen molar-refractivity contribution in [3.63, 3.8) is 0 Å². The third-order valence-corrected chi connectivity index (χ3v) is 2.99. The van der Waals surface area contributed by atoms with Crippen LogP contribution in [0, 0.1) is 15.9 Å². The van der Waals surface area contributed by atoms with Crippen LogP contribution in [-0.2, 0) is 4.74 Å². The van der Waals surface area contributed by atoms with Crippen LogP contribution in [0.15, 0.2) is 18.2 Å². The van der Waals surface area contributed by atoms with E-state index in [-0.39, 0.29) is 6.42 Å². The molecular weight excluding hydrogens is 257 g/mol. The lowest BCUT2D eigenvalue weighted by Crippen LogP contribution is -2.55. The number of aliphatic hydroxyl groups is 1. The van der Waals surface area contributed by atoms with E-state index in [2.05, 4.69) is 0 Å². The molecule has 6 nitrogen and oxygen atoms in total. The Hall–Kier alpha value is -1.73. The number of rotatable bonds is 5. The Morgan fingerprint density at radius 1 is 1.58 bits per heavy atom. The van der Waals surface area contributed by atoms with Gasteiger partial charge in [0.05, 0.1) is 11.0 Å². The molecule has 1 N–H and O–H groups in total. The fraction of sp³-hybridized carbons (Fsp3) is 0.500. The highest BCUT2D eigenvalue weighted by atomic mass is 19.1. The molecule has 19 heavy (non-hydrogen) atoms. The van der Waals surface area contributed by atoms with Gasteiger partial charge < -0.3 is 14.6 Å². The van der Waals surface area contributed by atoms with E-state index in [0.29, 0.717) is 6.61 Å². The molecule has 1 aliphatic carbocycles. The minimum Gasteiger partial charge on any atom is -0.478 e. The first-order valence-electron chi connectivity index (χ1n) is 5.93. The monoisotopic (exact) mass is 271 g/mol. The highest BCUT2D eigenvalue weighted by molar-refractivity contribution is 5.47. The number of hydrogen-bond acceptors (Lipinski definition) is 5. The van der Waals surface area contributed by atoms with Gasteiger partial charge in [-0.15, -0.1) is 0 Å². The number of halogens is 1. The summed E-state index contributed by atoms with van der Waals surface area (Å²) in [4.78, 5) is 10.1. The molecule has 0 saturated heterocycles. The van der Waals surface area contributed by atoms with Crippen LogP contribution in [0.2, 0.25) is 0 Å². The van der Waals surface area contributed by atoms with Crippen LogP contribution in [0.3, 0.4) is 0 Å². The van der Waals surface area contributed by atoms with Gasteiger partial charge in [-0.25, -0.2) is 4.39 Å². The van der Waals surface area contributed by atoms with Crippen LogP contribution < -0.4 is 4.74 Å². The lowest BCUT2D eigenvalue weighted by molar-refractivity contribution is -0.386. The summed E-state index contributed by atoms with van der Waals surface area (Å²) in [5.74, 6) is -1.21. The van der Waals surface area contributed by atoms with Gasteiger partial charge in [0.1, 0.15) is 12.2 Å². The number of nitrogens with zero attached hydrogens (tertiary/aromatic N) is 1. The maximum Gasteiger partial charge on any atom is 0.314 e. The van der Waals surface area contributed by atoms with Gasteiger partial charge in [-0.2, -0.15) is 0 Å². The zero-order chi connectivity index (χ0) is 14.0. The lowest BCUT2D eigenvalue weighted by Gasteiger charge is -2.40. The summed E-state index contributed by atoms with van der Waals surface area (Å²) in [6.45, 7) is 2.13. The first kappa shape index (κ1) is 13.7. The van der Waals surface area contributed by atoms with Crippen molar-refractivity contribution in [1.29, 1.82) is 0 Å². The number of benzene rings is 1. The number of para-hydroxylation sites is 1. The van der Waals surface area contributed by atoms with Crippen molar-refractivity contribution in [2.24, 2.45) is 0 Å². The summed E-state index contributed by atoms with van der Waals surface area (Å²) < 4.78 is 24.2. The average molecular weight is 271 g/mol. The zero-order valence-corrected chi connectivity index (χ0v) is 10.3. The van der Waals surface area contributed by atoms with Crippen molar-refractivity contribution in [2.75, 3.05) is 6.61 Å². The fourth-order valence-corrected chi connectivity index (χ4v) is 1.99. The molecule has 0 spiro atoms. The summed E-state index contributed by atoms with van der Waals surface area (Å²) in [5, 5.41) is 20.3. The lowest BCUT2D eigenvalue weighted by atomic mass is 9.88. The second kappa shape index (κ2) is 5.50. The molecule has 7 heteroatoms. The molecule has 0 radical (unpaired) electrons. The summed E-state index contributed by atoms with van der Waals surface area (Å²) in [7, 11) is 0. The highest BCUT2D eigenvalue weighted by Crippen LogP contribution is 2.35. The van der Waals surface area contributed by atoms with Crippen LogP contribution in [-0.4, -0.2) is 34.9 Å². The molecule has 2 rings (SSSR count). The average Bonchev–Trinajstić information content (AvgIpc) is 2.37. The molecule has 0 heterocycles. The molecule has 0 aliphatic heterocycles. The van der Waals surface area contributed by atoms with E-state index in [9.17, 15) is 19.6 Å². The van der Waals surface area contributed by atoms with Crippen molar-refractivity contribution in [2.45, 2.75) is 31.7 Å². The number of nitro groups is 1. The van der Waals surface area contributed by atoms with E-state index >= 15 is 0 Å². The molecule has 104 valence electrons. The van der Waals surface area contributed by atoms with E-state index in [1.165, 1.54) is 12.1 Å².